The predicted molar refractivity (Wildman–Crippen MR) is 91.4 cm³/mol. The largest absolute Gasteiger partial charge is 0.314 e. The first-order valence-electron chi connectivity index (χ1n) is 6.79. The average molecular weight is 385 g/mol. The predicted octanol–water partition coefficient (Wildman–Crippen LogP) is 4.00. The highest BCUT2D eigenvalue weighted by Gasteiger charge is 2.28. The normalized spacial score (nSPS) is 16.3. The van der Waals surface area contributed by atoms with E-state index in [4.69, 9.17) is 0 Å². The molecule has 0 bridgehead atoms. The lowest BCUT2D eigenvalue weighted by molar-refractivity contribution is 0.196. The van der Waals surface area contributed by atoms with Crippen molar-refractivity contribution in [1.29, 1.82) is 0 Å². The summed E-state index contributed by atoms with van der Waals surface area (Å²) in [4.78, 5) is 2.94. The molecule has 23 heavy (non-hydrogen) atoms. The van der Waals surface area contributed by atoms with E-state index in [0.717, 1.165) is 24.0 Å². The van der Waals surface area contributed by atoms with E-state index in [1.165, 1.54) is 11.3 Å². The van der Waals surface area contributed by atoms with Gasteiger partial charge in [-0.2, -0.15) is 0 Å². The maximum absolute atomic E-state index is 14.2. The van der Waals surface area contributed by atoms with Gasteiger partial charge in [0, 0.05) is 42.7 Å². The molecule has 0 aliphatic carbocycles. The molecule has 1 aromatic heterocycles. The summed E-state index contributed by atoms with van der Waals surface area (Å²) in [5.74, 6) is -2.85. The fourth-order valence-electron chi connectivity index (χ4n) is 2.69. The van der Waals surface area contributed by atoms with Crippen LogP contribution >= 0.6 is 36.2 Å². The Morgan fingerprint density at radius 3 is 2.39 bits per heavy atom. The molecule has 8 heteroatoms. The minimum atomic E-state index is -1.14. The van der Waals surface area contributed by atoms with Crippen molar-refractivity contribution in [3.63, 3.8) is 0 Å². The number of hydrogen-bond donors (Lipinski definition) is 1. The SMILES string of the molecule is Cl.Cl.Fc1cc(F)c(F)c([C@H](c2cccs2)N2CCNCC2)c1. The molecule has 2 nitrogen and oxygen atoms in total. The van der Waals surface area contributed by atoms with Gasteiger partial charge in [0.2, 0.25) is 0 Å². The number of piperazine rings is 1. The molecule has 2 aromatic rings. The topological polar surface area (TPSA) is 15.3 Å². The average Bonchev–Trinajstić information content (AvgIpc) is 2.99. The number of halogens is 5. The maximum Gasteiger partial charge on any atom is 0.164 e. The second-order valence-corrected chi connectivity index (χ2v) is 5.97. The molecular formula is C15H17Cl2F3N2S. The van der Waals surface area contributed by atoms with E-state index in [1.54, 1.807) is 0 Å². The zero-order valence-corrected chi connectivity index (χ0v) is 14.5. The molecule has 1 aliphatic rings. The van der Waals surface area contributed by atoms with Crippen molar-refractivity contribution < 1.29 is 13.2 Å². The van der Waals surface area contributed by atoms with Crippen LogP contribution in [0.4, 0.5) is 13.2 Å². The lowest BCUT2D eigenvalue weighted by atomic mass is 10.0. The number of thiophene rings is 1. The Morgan fingerprint density at radius 1 is 1.09 bits per heavy atom. The van der Waals surface area contributed by atoms with Gasteiger partial charge in [-0.1, -0.05) is 6.07 Å². The molecule has 0 amide bonds. The van der Waals surface area contributed by atoms with Crippen molar-refractivity contribution in [2.75, 3.05) is 26.2 Å². The summed E-state index contributed by atoms with van der Waals surface area (Å²) < 4.78 is 41.3. The molecule has 128 valence electrons. The van der Waals surface area contributed by atoms with E-state index in [0.29, 0.717) is 19.2 Å². The number of nitrogens with zero attached hydrogens (tertiary/aromatic N) is 1. The Kier molecular flexibility index (Phi) is 7.83. The molecule has 1 atom stereocenters. The van der Waals surface area contributed by atoms with Crippen molar-refractivity contribution in [3.05, 3.63) is 57.5 Å². The van der Waals surface area contributed by atoms with E-state index in [-0.39, 0.29) is 30.4 Å². The summed E-state index contributed by atoms with van der Waals surface area (Å²) in [5.41, 5.74) is 0.0665. The summed E-state index contributed by atoms with van der Waals surface area (Å²) in [6.07, 6.45) is 0. The van der Waals surface area contributed by atoms with Crippen LogP contribution in [0.25, 0.3) is 0 Å². The number of benzene rings is 1. The van der Waals surface area contributed by atoms with E-state index in [2.05, 4.69) is 10.2 Å². The highest BCUT2D eigenvalue weighted by molar-refractivity contribution is 7.10. The Labute approximate surface area is 149 Å². The molecule has 3 rings (SSSR count). The van der Waals surface area contributed by atoms with Crippen LogP contribution in [-0.2, 0) is 0 Å². The quantitative estimate of drug-likeness (QED) is 0.804. The van der Waals surface area contributed by atoms with Gasteiger partial charge in [-0.3, -0.25) is 4.90 Å². The molecule has 0 unspecified atom stereocenters. The van der Waals surface area contributed by atoms with E-state index >= 15 is 0 Å². The second-order valence-electron chi connectivity index (χ2n) is 4.99. The molecular weight excluding hydrogens is 368 g/mol. The van der Waals surface area contributed by atoms with Crippen LogP contribution in [0.1, 0.15) is 16.5 Å². The Bertz CT molecular complexity index is 619. The highest BCUT2D eigenvalue weighted by atomic mass is 35.5. The van der Waals surface area contributed by atoms with Gasteiger partial charge in [-0.05, 0) is 17.5 Å². The zero-order chi connectivity index (χ0) is 14.8. The van der Waals surface area contributed by atoms with E-state index in [1.807, 2.05) is 17.5 Å². The van der Waals surface area contributed by atoms with Crippen molar-refractivity contribution in [2.24, 2.45) is 0 Å². The highest BCUT2D eigenvalue weighted by Crippen LogP contribution is 2.34. The van der Waals surface area contributed by atoms with Crippen molar-refractivity contribution in [3.8, 4) is 0 Å². The third-order valence-electron chi connectivity index (χ3n) is 3.65. The van der Waals surface area contributed by atoms with Crippen LogP contribution in [0.3, 0.4) is 0 Å². The third kappa shape index (κ3) is 4.39. The van der Waals surface area contributed by atoms with E-state index < -0.39 is 23.5 Å². The first-order chi connectivity index (χ1) is 10.2. The van der Waals surface area contributed by atoms with Crippen LogP contribution in [0.5, 0.6) is 0 Å². The fourth-order valence-corrected chi connectivity index (χ4v) is 3.57. The zero-order valence-electron chi connectivity index (χ0n) is 12.1. The van der Waals surface area contributed by atoms with Gasteiger partial charge in [-0.25, -0.2) is 13.2 Å². The van der Waals surface area contributed by atoms with Crippen LogP contribution in [0.15, 0.2) is 29.6 Å². The summed E-state index contributed by atoms with van der Waals surface area (Å²) in [6.45, 7) is 2.98. The Morgan fingerprint density at radius 2 is 1.78 bits per heavy atom. The molecule has 1 N–H and O–H groups in total. The van der Waals surface area contributed by atoms with Crippen LogP contribution in [-0.4, -0.2) is 31.1 Å². The van der Waals surface area contributed by atoms with Crippen molar-refractivity contribution in [1.82, 2.24) is 10.2 Å². The number of rotatable bonds is 3. The van der Waals surface area contributed by atoms with Crippen molar-refractivity contribution in [2.45, 2.75) is 6.04 Å². The van der Waals surface area contributed by atoms with Gasteiger partial charge in [0.1, 0.15) is 5.82 Å². The third-order valence-corrected chi connectivity index (χ3v) is 4.57. The maximum atomic E-state index is 14.2. The molecule has 0 radical (unpaired) electrons. The molecule has 1 aliphatic heterocycles. The summed E-state index contributed by atoms with van der Waals surface area (Å²) in [5, 5.41) is 5.11. The van der Waals surface area contributed by atoms with Gasteiger partial charge < -0.3 is 5.32 Å². The van der Waals surface area contributed by atoms with Crippen LogP contribution in [0.2, 0.25) is 0 Å². The van der Waals surface area contributed by atoms with Gasteiger partial charge >= 0.3 is 0 Å². The Hall–Kier alpha value is -0.790. The number of hydrogen-bond acceptors (Lipinski definition) is 3. The lowest BCUT2D eigenvalue weighted by Crippen LogP contribution is -2.45. The molecule has 1 aromatic carbocycles. The molecule has 0 spiro atoms. The number of nitrogens with one attached hydrogen (secondary N) is 1. The minimum absolute atomic E-state index is 0. The molecule has 1 fully saturated rings. The fraction of sp³-hybridized carbons (Fsp3) is 0.333. The van der Waals surface area contributed by atoms with Gasteiger partial charge in [-0.15, -0.1) is 36.2 Å². The Balaban J connectivity index is 0.00000132. The first-order valence-corrected chi connectivity index (χ1v) is 7.67. The van der Waals surface area contributed by atoms with Crippen molar-refractivity contribution >= 4 is 36.2 Å². The summed E-state index contributed by atoms with van der Waals surface area (Å²) >= 11 is 1.47. The first kappa shape index (κ1) is 20.3. The molecule has 2 heterocycles. The standard InChI is InChI=1S/C15H15F3N2S.2ClH/c16-10-8-11(14(18)12(17)9-10)15(13-2-1-7-21-13)20-5-3-19-4-6-20;;/h1-2,7-9,15,19H,3-6H2;2*1H/t15-;;/m1../s1. The van der Waals surface area contributed by atoms with Gasteiger partial charge in [0.25, 0.3) is 0 Å². The van der Waals surface area contributed by atoms with E-state index in [9.17, 15) is 13.2 Å². The minimum Gasteiger partial charge on any atom is -0.314 e. The monoisotopic (exact) mass is 384 g/mol. The smallest absolute Gasteiger partial charge is 0.164 e. The van der Waals surface area contributed by atoms with Gasteiger partial charge in [0.15, 0.2) is 11.6 Å². The molecule has 0 saturated carbocycles. The van der Waals surface area contributed by atoms with Crippen LogP contribution in [0, 0.1) is 17.5 Å². The summed E-state index contributed by atoms with van der Waals surface area (Å²) in [6, 6.07) is 4.98. The molecule has 1 saturated heterocycles. The second kappa shape index (κ2) is 8.89. The summed E-state index contributed by atoms with van der Waals surface area (Å²) in [7, 11) is 0. The lowest BCUT2D eigenvalue weighted by Gasteiger charge is -2.34. The van der Waals surface area contributed by atoms with Gasteiger partial charge in [0.05, 0.1) is 6.04 Å². The van der Waals surface area contributed by atoms with Crippen LogP contribution < -0.4 is 5.32 Å².